The van der Waals surface area contributed by atoms with Gasteiger partial charge in [-0.15, -0.1) is 0 Å². The second-order valence-electron chi connectivity index (χ2n) is 7.69. The summed E-state index contributed by atoms with van der Waals surface area (Å²) in [7, 11) is 3.04. The first-order valence-corrected chi connectivity index (χ1v) is 10.7. The number of hydrogen-bond donors (Lipinski definition) is 0. The van der Waals surface area contributed by atoms with E-state index in [0.717, 1.165) is 0 Å². The van der Waals surface area contributed by atoms with E-state index < -0.39 is 15.4 Å². The molecule has 2 fully saturated rings. The average Bonchev–Trinajstić information content (AvgIpc) is 2.95. The third-order valence-electron chi connectivity index (χ3n) is 5.56. The van der Waals surface area contributed by atoms with Gasteiger partial charge in [0, 0.05) is 32.1 Å². The molecule has 1 unspecified atom stereocenters. The summed E-state index contributed by atoms with van der Waals surface area (Å²) in [6, 6.07) is 4.70. The predicted octanol–water partition coefficient (Wildman–Crippen LogP) is 1.35. The van der Waals surface area contributed by atoms with Gasteiger partial charge in [0.25, 0.3) is 0 Å². The molecule has 2 aliphatic heterocycles. The first-order chi connectivity index (χ1) is 13.2. The number of methoxy groups -OCH3 is 2. The summed E-state index contributed by atoms with van der Waals surface area (Å²) in [5.41, 5.74) is -0.578. The van der Waals surface area contributed by atoms with Crippen LogP contribution in [0.1, 0.15) is 19.3 Å². The standard InChI is InChI=1S/C19H28N2O6S/c1-20(2)13-15-12-19(18(22)27-15)7-9-21(10-8-19)28(23,24)17-11-14(25-3)5-6-16(17)26-4/h5-6,11,15H,7-10,12-13H2,1-4H3. The summed E-state index contributed by atoms with van der Waals surface area (Å²) in [6.45, 7) is 1.22. The van der Waals surface area contributed by atoms with Crippen LogP contribution in [0.4, 0.5) is 0 Å². The molecule has 0 bridgehead atoms. The van der Waals surface area contributed by atoms with E-state index in [-0.39, 0.29) is 35.8 Å². The third-order valence-corrected chi connectivity index (χ3v) is 7.48. The van der Waals surface area contributed by atoms with Crippen molar-refractivity contribution in [3.05, 3.63) is 18.2 Å². The van der Waals surface area contributed by atoms with Gasteiger partial charge in [0.05, 0.1) is 19.6 Å². The Morgan fingerprint density at radius 1 is 1.21 bits per heavy atom. The van der Waals surface area contributed by atoms with Crippen molar-refractivity contribution in [3.63, 3.8) is 0 Å². The fourth-order valence-corrected chi connectivity index (χ4v) is 5.65. The van der Waals surface area contributed by atoms with Crippen LogP contribution in [0.25, 0.3) is 0 Å². The Bertz CT molecular complexity index is 831. The Kier molecular flexibility index (Phi) is 5.88. The van der Waals surface area contributed by atoms with Crippen molar-refractivity contribution in [1.82, 2.24) is 9.21 Å². The molecule has 1 aromatic rings. The third kappa shape index (κ3) is 3.83. The van der Waals surface area contributed by atoms with Crippen LogP contribution in [0, 0.1) is 5.41 Å². The lowest BCUT2D eigenvalue weighted by Crippen LogP contribution is -2.45. The molecule has 9 heteroatoms. The number of ether oxygens (including phenoxy) is 3. The lowest BCUT2D eigenvalue weighted by atomic mass is 9.76. The highest BCUT2D eigenvalue weighted by atomic mass is 32.2. The smallest absolute Gasteiger partial charge is 0.312 e. The van der Waals surface area contributed by atoms with Crippen LogP contribution in [0.15, 0.2) is 23.1 Å². The quantitative estimate of drug-likeness (QED) is 0.652. The minimum Gasteiger partial charge on any atom is -0.497 e. The van der Waals surface area contributed by atoms with Gasteiger partial charge in [-0.3, -0.25) is 4.79 Å². The Morgan fingerprint density at radius 2 is 1.89 bits per heavy atom. The van der Waals surface area contributed by atoms with Crippen LogP contribution in [-0.2, 0) is 19.6 Å². The van der Waals surface area contributed by atoms with Crippen molar-refractivity contribution in [2.45, 2.75) is 30.3 Å². The summed E-state index contributed by atoms with van der Waals surface area (Å²) >= 11 is 0. The minimum atomic E-state index is -3.77. The van der Waals surface area contributed by atoms with Crippen LogP contribution in [0.3, 0.4) is 0 Å². The molecule has 3 rings (SSSR count). The number of sulfonamides is 1. The van der Waals surface area contributed by atoms with E-state index in [4.69, 9.17) is 14.2 Å². The summed E-state index contributed by atoms with van der Waals surface area (Å²) in [4.78, 5) is 14.6. The number of carbonyl (C=O) groups excluding carboxylic acids is 1. The van der Waals surface area contributed by atoms with Gasteiger partial charge in [-0.05, 0) is 39.1 Å². The fourth-order valence-electron chi connectivity index (χ4n) is 4.03. The van der Waals surface area contributed by atoms with Crippen molar-refractivity contribution in [1.29, 1.82) is 0 Å². The number of piperidine rings is 1. The number of rotatable bonds is 6. The van der Waals surface area contributed by atoms with E-state index in [0.29, 0.717) is 31.6 Å². The van der Waals surface area contributed by atoms with Gasteiger partial charge in [-0.25, -0.2) is 8.42 Å². The van der Waals surface area contributed by atoms with Crippen LogP contribution in [0.2, 0.25) is 0 Å². The van der Waals surface area contributed by atoms with E-state index >= 15 is 0 Å². The number of benzene rings is 1. The Labute approximate surface area is 166 Å². The van der Waals surface area contributed by atoms with Gasteiger partial charge in [-0.2, -0.15) is 4.31 Å². The number of esters is 1. The molecule has 8 nitrogen and oxygen atoms in total. The predicted molar refractivity (Wildman–Crippen MR) is 103 cm³/mol. The Hall–Kier alpha value is -1.84. The lowest BCUT2D eigenvalue weighted by molar-refractivity contribution is -0.150. The summed E-state index contributed by atoms with van der Waals surface area (Å²) in [5.74, 6) is 0.515. The van der Waals surface area contributed by atoms with E-state index in [1.807, 2.05) is 19.0 Å². The molecule has 1 atom stereocenters. The average molecular weight is 413 g/mol. The number of cyclic esters (lactones) is 1. The lowest BCUT2D eigenvalue weighted by Gasteiger charge is -2.36. The first kappa shape index (κ1) is 20.9. The van der Waals surface area contributed by atoms with Crippen LogP contribution in [-0.4, -0.2) is 77.6 Å². The van der Waals surface area contributed by atoms with Gasteiger partial charge < -0.3 is 19.1 Å². The molecule has 1 aromatic carbocycles. The van der Waals surface area contributed by atoms with Crippen LogP contribution < -0.4 is 9.47 Å². The Morgan fingerprint density at radius 3 is 2.46 bits per heavy atom. The highest BCUT2D eigenvalue weighted by Crippen LogP contribution is 2.44. The monoisotopic (exact) mass is 412 g/mol. The molecule has 0 saturated carbocycles. The molecular formula is C19H28N2O6S. The molecule has 2 heterocycles. The van der Waals surface area contributed by atoms with Crippen molar-refractivity contribution in [2.75, 3.05) is 47.9 Å². The van der Waals surface area contributed by atoms with Gasteiger partial charge in [0.15, 0.2) is 0 Å². The molecule has 156 valence electrons. The highest BCUT2D eigenvalue weighted by molar-refractivity contribution is 7.89. The highest BCUT2D eigenvalue weighted by Gasteiger charge is 2.51. The van der Waals surface area contributed by atoms with Crippen molar-refractivity contribution >= 4 is 16.0 Å². The molecular weight excluding hydrogens is 384 g/mol. The minimum absolute atomic E-state index is 0.0739. The second kappa shape index (κ2) is 7.88. The molecule has 2 saturated heterocycles. The number of hydrogen-bond acceptors (Lipinski definition) is 7. The zero-order chi connectivity index (χ0) is 20.5. The second-order valence-corrected chi connectivity index (χ2v) is 9.60. The maximum atomic E-state index is 13.2. The summed E-state index contributed by atoms with van der Waals surface area (Å²) in [5, 5.41) is 0. The Balaban J connectivity index is 1.77. The van der Waals surface area contributed by atoms with Crippen LogP contribution in [0.5, 0.6) is 11.5 Å². The maximum Gasteiger partial charge on any atom is 0.312 e. The number of nitrogens with zero attached hydrogens (tertiary/aromatic N) is 2. The summed E-state index contributed by atoms with van der Waals surface area (Å²) in [6.07, 6.45) is 1.42. The molecule has 0 aliphatic carbocycles. The van der Waals surface area contributed by atoms with E-state index in [1.54, 1.807) is 12.1 Å². The molecule has 0 aromatic heterocycles. The van der Waals surface area contributed by atoms with Gasteiger partial charge in [0.1, 0.15) is 22.5 Å². The molecule has 2 aliphatic rings. The number of carbonyl (C=O) groups is 1. The maximum absolute atomic E-state index is 13.2. The molecule has 0 N–H and O–H groups in total. The largest absolute Gasteiger partial charge is 0.497 e. The van der Waals surface area contributed by atoms with Crippen molar-refractivity contribution in [2.24, 2.45) is 5.41 Å². The molecule has 0 amide bonds. The van der Waals surface area contributed by atoms with Crippen molar-refractivity contribution < 1.29 is 27.4 Å². The zero-order valence-corrected chi connectivity index (χ0v) is 17.6. The number of likely N-dealkylation sites (N-methyl/N-ethyl adjacent to an activating group) is 1. The summed E-state index contributed by atoms with van der Waals surface area (Å²) < 4.78 is 43.8. The molecule has 0 radical (unpaired) electrons. The van der Waals surface area contributed by atoms with Crippen molar-refractivity contribution in [3.8, 4) is 11.5 Å². The molecule has 1 spiro atoms. The topological polar surface area (TPSA) is 85.4 Å². The van der Waals surface area contributed by atoms with E-state index in [2.05, 4.69) is 0 Å². The van der Waals surface area contributed by atoms with E-state index in [1.165, 1.54) is 24.6 Å². The fraction of sp³-hybridized carbons (Fsp3) is 0.632. The zero-order valence-electron chi connectivity index (χ0n) is 16.8. The van der Waals surface area contributed by atoms with Crippen LogP contribution >= 0.6 is 0 Å². The van der Waals surface area contributed by atoms with Gasteiger partial charge in [0.2, 0.25) is 10.0 Å². The SMILES string of the molecule is COc1ccc(OC)c(S(=O)(=O)N2CCC3(CC2)CC(CN(C)C)OC3=O)c1. The first-order valence-electron chi connectivity index (χ1n) is 9.30. The van der Waals surface area contributed by atoms with Gasteiger partial charge >= 0.3 is 5.97 Å². The normalized spacial score (nSPS) is 22.5. The van der Waals surface area contributed by atoms with E-state index in [9.17, 15) is 13.2 Å². The van der Waals surface area contributed by atoms with Gasteiger partial charge in [-0.1, -0.05) is 0 Å². The molecule has 28 heavy (non-hydrogen) atoms.